The van der Waals surface area contributed by atoms with Crippen molar-refractivity contribution in [2.75, 3.05) is 6.54 Å². The molecule has 15 heteroatoms. The normalized spacial score (nSPS) is 16.1. The van der Waals surface area contributed by atoms with Crippen molar-refractivity contribution in [2.24, 2.45) is 0 Å². The van der Waals surface area contributed by atoms with Gasteiger partial charge >= 0.3 is 18.1 Å². The molecule has 0 fully saturated rings. The second kappa shape index (κ2) is 7.48. The predicted molar refractivity (Wildman–Crippen MR) is 107 cm³/mol. The Balaban J connectivity index is 1.37. The molecule has 0 aromatic carbocycles. The van der Waals surface area contributed by atoms with Gasteiger partial charge in [0.05, 0.1) is 35.0 Å². The topological polar surface area (TPSA) is 123 Å². The number of halogens is 4. The molecule has 0 bridgehead atoms. The fourth-order valence-electron chi connectivity index (χ4n) is 4.05. The number of alkyl halides is 3. The molecule has 0 saturated heterocycles. The van der Waals surface area contributed by atoms with Crippen LogP contribution < -0.4 is 0 Å². The summed E-state index contributed by atoms with van der Waals surface area (Å²) < 4.78 is 59.0. The van der Waals surface area contributed by atoms with Gasteiger partial charge in [-0.15, -0.1) is 23.4 Å². The van der Waals surface area contributed by atoms with Crippen molar-refractivity contribution < 1.29 is 26.8 Å². The van der Waals surface area contributed by atoms with E-state index in [-0.39, 0.29) is 22.7 Å². The molecule has 11 nitrogen and oxygen atoms in total. The molecule has 6 rings (SSSR count). The van der Waals surface area contributed by atoms with E-state index in [9.17, 15) is 22.4 Å². The fourth-order valence-corrected chi connectivity index (χ4v) is 4.05. The minimum atomic E-state index is -4.72. The molecule has 6 heterocycles. The number of carbonyl (C=O) groups is 1. The first kappa shape index (κ1) is 21.0. The van der Waals surface area contributed by atoms with Crippen LogP contribution >= 0.6 is 0 Å². The van der Waals surface area contributed by atoms with E-state index in [4.69, 9.17) is 4.42 Å². The van der Waals surface area contributed by atoms with Crippen molar-refractivity contribution in [3.05, 3.63) is 71.9 Å². The number of amides is 1. The molecule has 1 amide bonds. The highest BCUT2D eigenvalue weighted by Gasteiger charge is 2.38. The number of nitrogens with zero attached hydrogens (tertiary/aromatic N) is 8. The lowest BCUT2D eigenvalue weighted by molar-refractivity contribution is -0.212. The molecule has 0 saturated carbocycles. The Hall–Kier alpha value is -4.56. The number of hydrogen-bond donors (Lipinski definition) is 1. The third-order valence-electron chi connectivity index (χ3n) is 5.62. The fraction of sp³-hybridized carbons (Fsp3) is 0.200. The number of fused-ring (bicyclic) bond motifs is 2. The Labute approximate surface area is 192 Å². The second-order valence-electron chi connectivity index (χ2n) is 7.73. The van der Waals surface area contributed by atoms with E-state index in [2.05, 4.69) is 30.4 Å². The molecule has 1 aliphatic heterocycles. The summed E-state index contributed by atoms with van der Waals surface area (Å²) in [6.45, 7) is 0.221. The summed E-state index contributed by atoms with van der Waals surface area (Å²) in [4.78, 5) is 22.2. The van der Waals surface area contributed by atoms with Gasteiger partial charge in [-0.05, 0) is 18.2 Å². The highest BCUT2D eigenvalue weighted by Crippen LogP contribution is 2.34. The van der Waals surface area contributed by atoms with Crippen LogP contribution in [0.3, 0.4) is 0 Å². The molecular weight excluding hydrogens is 474 g/mol. The Bertz CT molecular complexity index is 1560. The minimum absolute atomic E-state index is 0.102. The molecule has 35 heavy (non-hydrogen) atoms. The Kier molecular flexibility index (Phi) is 4.49. The van der Waals surface area contributed by atoms with E-state index >= 15 is 0 Å². The molecule has 1 N–H and O–H groups in total. The first-order valence-electron chi connectivity index (χ1n) is 10.2. The largest absolute Gasteiger partial charge is 0.504 e. The number of rotatable bonds is 3. The zero-order valence-electron chi connectivity index (χ0n) is 17.4. The highest BCUT2D eigenvalue weighted by atomic mass is 19.4. The summed E-state index contributed by atoms with van der Waals surface area (Å²) in [5.41, 5.74) is 2.07. The molecule has 178 valence electrons. The first-order valence-corrected chi connectivity index (χ1v) is 10.2. The highest BCUT2D eigenvalue weighted by molar-refractivity contribution is 5.90. The number of nitrogens with one attached hydrogen (secondary N) is 1. The number of pyridine rings is 1. The SMILES string of the molecule is O=C(c1nnc(-c2cnn(C(F)(F)F)c2)o1)N1CCc2[nH]cnc2C1c1cc2cccc(F)n2n1. The van der Waals surface area contributed by atoms with Crippen LogP contribution in [0, 0.1) is 5.95 Å². The maximum Gasteiger partial charge on any atom is 0.504 e. The van der Waals surface area contributed by atoms with E-state index in [0.29, 0.717) is 29.5 Å². The monoisotopic (exact) mass is 487 g/mol. The van der Waals surface area contributed by atoms with Crippen LogP contribution in [0.15, 0.2) is 47.4 Å². The first-order chi connectivity index (χ1) is 16.8. The summed E-state index contributed by atoms with van der Waals surface area (Å²) in [7, 11) is 0. The van der Waals surface area contributed by atoms with Crippen molar-refractivity contribution in [2.45, 2.75) is 18.8 Å². The quantitative estimate of drug-likeness (QED) is 0.307. The molecule has 1 aliphatic rings. The average Bonchev–Trinajstić information content (AvgIpc) is 3.62. The van der Waals surface area contributed by atoms with Crippen LogP contribution in [0.25, 0.3) is 17.0 Å². The second-order valence-corrected chi connectivity index (χ2v) is 7.73. The summed E-state index contributed by atoms with van der Waals surface area (Å²) in [5.74, 6) is -1.99. The van der Waals surface area contributed by atoms with Gasteiger partial charge in [0.1, 0.15) is 6.04 Å². The van der Waals surface area contributed by atoms with Crippen molar-refractivity contribution in [1.82, 2.24) is 44.5 Å². The number of carbonyl (C=O) groups excluding carboxylic acids is 1. The maximum absolute atomic E-state index is 14.3. The van der Waals surface area contributed by atoms with Gasteiger partial charge in [0.15, 0.2) is 0 Å². The van der Waals surface area contributed by atoms with Gasteiger partial charge in [-0.2, -0.15) is 19.3 Å². The van der Waals surface area contributed by atoms with Crippen LogP contribution in [-0.2, 0) is 12.7 Å². The number of imidazole rings is 1. The summed E-state index contributed by atoms with van der Waals surface area (Å²) in [6.07, 6.45) is -1.20. The third kappa shape index (κ3) is 3.43. The van der Waals surface area contributed by atoms with Gasteiger partial charge in [0.2, 0.25) is 5.95 Å². The van der Waals surface area contributed by atoms with Gasteiger partial charge in [-0.25, -0.2) is 9.50 Å². The van der Waals surface area contributed by atoms with Gasteiger partial charge < -0.3 is 14.3 Å². The van der Waals surface area contributed by atoms with Crippen LogP contribution in [0.5, 0.6) is 0 Å². The molecule has 5 aromatic heterocycles. The minimum Gasteiger partial charge on any atom is -0.412 e. The molecule has 1 atom stereocenters. The van der Waals surface area contributed by atoms with Crippen LogP contribution in [0.1, 0.15) is 33.8 Å². The van der Waals surface area contributed by atoms with E-state index in [0.717, 1.165) is 16.4 Å². The van der Waals surface area contributed by atoms with Crippen molar-refractivity contribution in [3.8, 4) is 11.5 Å². The lowest BCUT2D eigenvalue weighted by atomic mass is 9.99. The van der Waals surface area contributed by atoms with Crippen molar-refractivity contribution in [3.63, 3.8) is 0 Å². The molecule has 5 aromatic rings. The third-order valence-corrected chi connectivity index (χ3v) is 5.62. The van der Waals surface area contributed by atoms with Gasteiger partial charge in [-0.1, -0.05) is 6.07 Å². The van der Waals surface area contributed by atoms with Crippen molar-refractivity contribution in [1.29, 1.82) is 0 Å². The number of aromatic nitrogens is 8. The van der Waals surface area contributed by atoms with Crippen LogP contribution in [0.4, 0.5) is 17.6 Å². The van der Waals surface area contributed by atoms with Crippen LogP contribution in [0.2, 0.25) is 0 Å². The standard InChI is InChI=1S/C20H13F4N9O2/c21-14-3-1-2-11-6-13(30-33(11)14)16-15-12(25-9-26-15)4-5-31(16)19(34)18-29-28-17(35-18)10-7-27-32(8-10)20(22,23)24/h1-3,6-9,16H,4-5H2,(H,25,26). The molecule has 0 aliphatic carbocycles. The van der Waals surface area contributed by atoms with Crippen molar-refractivity contribution >= 4 is 11.4 Å². The molecule has 0 radical (unpaired) electrons. The van der Waals surface area contributed by atoms with E-state index < -0.39 is 30.1 Å². The van der Waals surface area contributed by atoms with Gasteiger partial charge in [0.25, 0.3) is 5.89 Å². The Morgan fingerprint density at radius 1 is 1.23 bits per heavy atom. The predicted octanol–water partition coefficient (Wildman–Crippen LogP) is 2.71. The lowest BCUT2D eigenvalue weighted by Gasteiger charge is -2.32. The number of aromatic amines is 1. The van der Waals surface area contributed by atoms with E-state index in [1.807, 2.05) is 0 Å². The lowest BCUT2D eigenvalue weighted by Crippen LogP contribution is -2.41. The summed E-state index contributed by atoms with van der Waals surface area (Å²) >= 11 is 0. The average molecular weight is 487 g/mol. The Morgan fingerprint density at radius 3 is 2.86 bits per heavy atom. The zero-order chi connectivity index (χ0) is 24.3. The van der Waals surface area contributed by atoms with Gasteiger partial charge in [-0.3, -0.25) is 4.79 Å². The van der Waals surface area contributed by atoms with Gasteiger partial charge in [0, 0.05) is 24.9 Å². The summed E-state index contributed by atoms with van der Waals surface area (Å²) in [5, 5.41) is 15.0. The molecule has 0 spiro atoms. The smallest absolute Gasteiger partial charge is 0.412 e. The van der Waals surface area contributed by atoms with Crippen LogP contribution in [-0.4, -0.2) is 56.9 Å². The maximum atomic E-state index is 14.3. The Morgan fingerprint density at radius 2 is 2.09 bits per heavy atom. The zero-order valence-corrected chi connectivity index (χ0v) is 17.4. The summed E-state index contributed by atoms with van der Waals surface area (Å²) in [6, 6.07) is 5.32. The molecule has 1 unspecified atom stereocenters. The molecular formula is C20H13F4N9O2. The van der Waals surface area contributed by atoms with E-state index in [1.54, 1.807) is 18.2 Å². The number of H-pyrrole nitrogens is 1. The number of hydrogen-bond acceptors (Lipinski definition) is 7. The van der Waals surface area contributed by atoms with E-state index in [1.165, 1.54) is 17.3 Å².